The summed E-state index contributed by atoms with van der Waals surface area (Å²) in [5, 5.41) is 0. The Kier molecular flexibility index (Phi) is 3.72. The second-order valence-electron chi connectivity index (χ2n) is 3.73. The number of nitrogens with one attached hydrogen (secondary N) is 2. The number of carbonyl (C=O) groups excluding carboxylic acids is 2. The van der Waals surface area contributed by atoms with Crippen LogP contribution in [0.1, 0.15) is 20.7 Å². The topological polar surface area (TPSA) is 97.1 Å². The predicted octanol–water partition coefficient (Wildman–Crippen LogP) is 0.739. The summed E-state index contributed by atoms with van der Waals surface area (Å²) in [5.41, 5.74) is 11.3. The first-order chi connectivity index (χ1) is 9.18. The molecule has 1 aromatic carbocycles. The number of nitrogens with two attached hydrogens (primary N) is 1. The standard InChI is InChI=1S/C13H12N4O2/c14-11-4-2-1-3-10(11)13(19)17-16-12(18)9-5-7-15-8-6-9/h1-8H,14H2,(H,16,18)(H,17,19). The largest absolute Gasteiger partial charge is 0.398 e. The van der Waals surface area contributed by atoms with Crippen LogP contribution in [0.4, 0.5) is 5.69 Å². The molecule has 0 saturated heterocycles. The van der Waals surface area contributed by atoms with E-state index in [2.05, 4.69) is 15.8 Å². The highest BCUT2D eigenvalue weighted by Gasteiger charge is 2.10. The average Bonchev–Trinajstić information content (AvgIpc) is 2.46. The molecular weight excluding hydrogens is 244 g/mol. The Morgan fingerprint density at radius 1 is 0.947 bits per heavy atom. The van der Waals surface area contributed by atoms with Crippen LogP contribution < -0.4 is 16.6 Å². The molecule has 0 saturated carbocycles. The van der Waals surface area contributed by atoms with Gasteiger partial charge in [0.25, 0.3) is 11.8 Å². The SMILES string of the molecule is Nc1ccccc1C(=O)NNC(=O)c1ccncc1. The Morgan fingerprint density at radius 2 is 1.58 bits per heavy atom. The van der Waals surface area contributed by atoms with Crippen LogP contribution in [-0.2, 0) is 0 Å². The van der Waals surface area contributed by atoms with E-state index in [9.17, 15) is 9.59 Å². The highest BCUT2D eigenvalue weighted by molar-refractivity contribution is 6.01. The van der Waals surface area contributed by atoms with E-state index in [1.807, 2.05) is 0 Å². The van der Waals surface area contributed by atoms with Crippen molar-refractivity contribution in [1.29, 1.82) is 0 Å². The van der Waals surface area contributed by atoms with Crippen molar-refractivity contribution in [2.75, 3.05) is 5.73 Å². The van der Waals surface area contributed by atoms with Gasteiger partial charge in [0.2, 0.25) is 0 Å². The minimum absolute atomic E-state index is 0.303. The number of benzene rings is 1. The van der Waals surface area contributed by atoms with Gasteiger partial charge in [0.1, 0.15) is 0 Å². The average molecular weight is 256 g/mol. The van der Waals surface area contributed by atoms with Crippen molar-refractivity contribution in [3.05, 3.63) is 59.9 Å². The molecule has 2 amide bonds. The van der Waals surface area contributed by atoms with Crippen LogP contribution in [0, 0.1) is 0 Å². The molecule has 0 unspecified atom stereocenters. The number of amides is 2. The van der Waals surface area contributed by atoms with Gasteiger partial charge >= 0.3 is 0 Å². The fraction of sp³-hybridized carbons (Fsp3) is 0. The minimum atomic E-state index is -0.472. The van der Waals surface area contributed by atoms with E-state index in [4.69, 9.17) is 5.73 Å². The second kappa shape index (κ2) is 5.63. The summed E-state index contributed by atoms with van der Waals surface area (Å²) < 4.78 is 0. The van der Waals surface area contributed by atoms with Crippen LogP contribution in [0.25, 0.3) is 0 Å². The molecule has 19 heavy (non-hydrogen) atoms. The first-order valence-electron chi connectivity index (χ1n) is 5.53. The van der Waals surface area contributed by atoms with Crippen LogP contribution in [0.3, 0.4) is 0 Å². The van der Waals surface area contributed by atoms with Crippen molar-refractivity contribution in [3.8, 4) is 0 Å². The summed E-state index contributed by atoms with van der Waals surface area (Å²) in [7, 11) is 0. The highest BCUT2D eigenvalue weighted by atomic mass is 16.2. The number of nitrogen functional groups attached to an aromatic ring is 1. The fourth-order valence-corrected chi connectivity index (χ4v) is 1.46. The molecule has 1 heterocycles. The monoisotopic (exact) mass is 256 g/mol. The number of carbonyl (C=O) groups is 2. The number of anilines is 1. The van der Waals surface area contributed by atoms with Crippen molar-refractivity contribution >= 4 is 17.5 Å². The van der Waals surface area contributed by atoms with Gasteiger partial charge < -0.3 is 5.73 Å². The Morgan fingerprint density at radius 3 is 2.26 bits per heavy atom. The smallest absolute Gasteiger partial charge is 0.271 e. The number of nitrogens with zero attached hydrogens (tertiary/aromatic N) is 1. The summed E-state index contributed by atoms with van der Waals surface area (Å²) in [5.74, 6) is -0.897. The Hall–Kier alpha value is -2.89. The molecule has 0 atom stereocenters. The van der Waals surface area contributed by atoms with Crippen molar-refractivity contribution in [2.45, 2.75) is 0 Å². The molecule has 6 heteroatoms. The molecular formula is C13H12N4O2. The first kappa shape index (κ1) is 12.6. The zero-order chi connectivity index (χ0) is 13.7. The molecule has 4 N–H and O–H groups in total. The highest BCUT2D eigenvalue weighted by Crippen LogP contribution is 2.09. The van der Waals surface area contributed by atoms with Gasteiger partial charge in [-0.25, -0.2) is 0 Å². The lowest BCUT2D eigenvalue weighted by molar-refractivity contribution is 0.0847. The lowest BCUT2D eigenvalue weighted by Gasteiger charge is -2.08. The molecule has 1 aromatic heterocycles. The molecule has 0 aliphatic carbocycles. The molecule has 0 aliphatic rings. The molecule has 0 bridgehead atoms. The molecule has 0 aliphatic heterocycles. The molecule has 0 fully saturated rings. The molecule has 0 spiro atoms. The number of rotatable bonds is 2. The third kappa shape index (κ3) is 3.06. The van der Waals surface area contributed by atoms with Crippen molar-refractivity contribution < 1.29 is 9.59 Å². The van der Waals surface area contributed by atoms with Gasteiger partial charge in [-0.15, -0.1) is 0 Å². The first-order valence-corrected chi connectivity index (χ1v) is 5.53. The number of hydrogen-bond donors (Lipinski definition) is 3. The number of para-hydroxylation sites is 1. The van der Waals surface area contributed by atoms with Crippen LogP contribution in [0.2, 0.25) is 0 Å². The zero-order valence-corrected chi connectivity index (χ0v) is 9.96. The zero-order valence-electron chi connectivity index (χ0n) is 9.96. The van der Waals surface area contributed by atoms with E-state index in [1.165, 1.54) is 12.4 Å². The van der Waals surface area contributed by atoms with Crippen molar-refractivity contribution in [1.82, 2.24) is 15.8 Å². The lowest BCUT2D eigenvalue weighted by atomic mass is 10.2. The van der Waals surface area contributed by atoms with Gasteiger partial charge in [-0.2, -0.15) is 0 Å². The molecule has 96 valence electrons. The maximum absolute atomic E-state index is 11.8. The van der Waals surface area contributed by atoms with Crippen LogP contribution in [0.15, 0.2) is 48.8 Å². The van der Waals surface area contributed by atoms with Gasteiger partial charge in [-0.3, -0.25) is 25.4 Å². The Labute approximate surface area is 109 Å². The van der Waals surface area contributed by atoms with Gasteiger partial charge in [0.15, 0.2) is 0 Å². The molecule has 0 radical (unpaired) electrons. The summed E-state index contributed by atoms with van der Waals surface area (Å²) in [6.07, 6.45) is 2.98. The van der Waals surface area contributed by atoms with Crippen molar-refractivity contribution in [3.63, 3.8) is 0 Å². The third-order valence-electron chi connectivity index (χ3n) is 2.44. The van der Waals surface area contributed by atoms with E-state index in [-0.39, 0.29) is 0 Å². The van der Waals surface area contributed by atoms with Crippen LogP contribution in [-0.4, -0.2) is 16.8 Å². The van der Waals surface area contributed by atoms with E-state index < -0.39 is 11.8 Å². The predicted molar refractivity (Wildman–Crippen MR) is 70.0 cm³/mol. The maximum Gasteiger partial charge on any atom is 0.271 e. The van der Waals surface area contributed by atoms with E-state index >= 15 is 0 Å². The van der Waals surface area contributed by atoms with Crippen LogP contribution >= 0.6 is 0 Å². The van der Waals surface area contributed by atoms with E-state index in [0.717, 1.165) is 0 Å². The number of hydrogen-bond acceptors (Lipinski definition) is 4. The number of pyridine rings is 1. The van der Waals surface area contributed by atoms with E-state index in [1.54, 1.807) is 36.4 Å². The van der Waals surface area contributed by atoms with Crippen LogP contribution in [0.5, 0.6) is 0 Å². The Bertz CT molecular complexity index is 599. The third-order valence-corrected chi connectivity index (χ3v) is 2.44. The summed E-state index contributed by atoms with van der Waals surface area (Å²) >= 11 is 0. The summed E-state index contributed by atoms with van der Waals surface area (Å²) in [6.45, 7) is 0. The summed E-state index contributed by atoms with van der Waals surface area (Å²) in [4.78, 5) is 27.3. The normalized spacial score (nSPS) is 9.68. The van der Waals surface area contributed by atoms with Gasteiger partial charge in [0, 0.05) is 23.6 Å². The second-order valence-corrected chi connectivity index (χ2v) is 3.73. The molecule has 6 nitrogen and oxygen atoms in total. The lowest BCUT2D eigenvalue weighted by Crippen LogP contribution is -2.41. The number of aromatic nitrogens is 1. The molecule has 2 rings (SSSR count). The Balaban J connectivity index is 1.98. The van der Waals surface area contributed by atoms with E-state index in [0.29, 0.717) is 16.8 Å². The van der Waals surface area contributed by atoms with Gasteiger partial charge in [-0.1, -0.05) is 12.1 Å². The van der Waals surface area contributed by atoms with Gasteiger partial charge in [-0.05, 0) is 24.3 Å². The quantitative estimate of drug-likeness (QED) is 0.545. The molecule has 2 aromatic rings. The minimum Gasteiger partial charge on any atom is -0.398 e. The summed E-state index contributed by atoms with van der Waals surface area (Å²) in [6, 6.07) is 9.68. The van der Waals surface area contributed by atoms with Crippen molar-refractivity contribution in [2.24, 2.45) is 0 Å². The van der Waals surface area contributed by atoms with Gasteiger partial charge in [0.05, 0.1) is 5.56 Å². The fourth-order valence-electron chi connectivity index (χ4n) is 1.46. The number of hydrazine groups is 1. The maximum atomic E-state index is 11.8.